The first-order valence-corrected chi connectivity index (χ1v) is 4.69. The van der Waals surface area contributed by atoms with E-state index in [1.807, 2.05) is 0 Å². The molecular weight excluding hydrogens is 312 g/mol. The highest BCUT2D eigenvalue weighted by atomic mass is 35.6. The van der Waals surface area contributed by atoms with Gasteiger partial charge in [0.2, 0.25) is 7.59 Å². The van der Waals surface area contributed by atoms with Gasteiger partial charge in [0.1, 0.15) is 0 Å². The molecule has 0 saturated heterocycles. The van der Waals surface area contributed by atoms with Crippen LogP contribution in [0.4, 0.5) is 0 Å². The van der Waals surface area contributed by atoms with Crippen LogP contribution >= 0.6 is 82.0 Å². The molecule has 0 heterocycles. The summed E-state index contributed by atoms with van der Waals surface area (Å²) in [6.45, 7) is -0.211. The Morgan fingerprint density at radius 1 is 0.750 bits per heavy atom. The quantitative estimate of drug-likeness (QED) is 0.695. The molecule has 76 valence electrons. The highest BCUT2D eigenvalue weighted by molar-refractivity contribution is 6.68. The molecule has 0 radical (unpaired) electrons. The van der Waals surface area contributed by atoms with Gasteiger partial charge in [-0.05, 0) is 0 Å². The molecule has 1 nitrogen and oxygen atoms in total. The molecule has 0 N–H and O–H groups in total. The Morgan fingerprint density at radius 3 is 1.17 bits per heavy atom. The van der Waals surface area contributed by atoms with Gasteiger partial charge in [-0.15, -0.1) is 12.4 Å². The Labute approximate surface area is 107 Å². The van der Waals surface area contributed by atoms with Gasteiger partial charge in [-0.1, -0.05) is 69.6 Å². The van der Waals surface area contributed by atoms with E-state index in [4.69, 9.17) is 74.3 Å². The second-order valence-corrected chi connectivity index (χ2v) is 6.76. The average molecular weight is 317 g/mol. The minimum absolute atomic E-state index is 0. The van der Waals surface area contributed by atoms with Crippen LogP contribution in [-0.2, 0) is 4.74 Å². The van der Waals surface area contributed by atoms with Crippen molar-refractivity contribution in [3.05, 3.63) is 0 Å². The maximum absolute atomic E-state index is 5.34. The number of hydrogen-bond donors (Lipinski definition) is 0. The Hall–Kier alpha value is 1.99. The normalized spacial score (nSPS) is 12.5. The predicted octanol–water partition coefficient (Wildman–Crippen LogP) is 4.17. The van der Waals surface area contributed by atoms with Gasteiger partial charge in [-0.25, -0.2) is 0 Å². The number of halogens is 7. The van der Waals surface area contributed by atoms with Crippen molar-refractivity contribution in [2.75, 3.05) is 13.2 Å². The fourth-order valence-corrected chi connectivity index (χ4v) is 0.745. The summed E-state index contributed by atoms with van der Waals surface area (Å²) in [4.78, 5) is 0. The summed E-state index contributed by atoms with van der Waals surface area (Å²) >= 11 is 32.0. The summed E-state index contributed by atoms with van der Waals surface area (Å²) in [5, 5.41) is 0. The molecule has 0 amide bonds. The fourth-order valence-electron chi connectivity index (χ4n) is 0.282. The summed E-state index contributed by atoms with van der Waals surface area (Å²) in [7, 11) is 0. The molecule has 0 saturated carbocycles. The first kappa shape index (κ1) is 16.4. The summed E-state index contributed by atoms with van der Waals surface area (Å²) in [5.41, 5.74) is 0. The van der Waals surface area contributed by atoms with Crippen molar-refractivity contribution in [3.63, 3.8) is 0 Å². The highest BCUT2D eigenvalue weighted by Crippen LogP contribution is 2.29. The Morgan fingerprint density at radius 2 is 1.00 bits per heavy atom. The van der Waals surface area contributed by atoms with Gasteiger partial charge in [0.15, 0.2) is 0 Å². The van der Waals surface area contributed by atoms with Gasteiger partial charge in [0.05, 0.1) is 13.2 Å². The maximum atomic E-state index is 5.34. The van der Waals surface area contributed by atoms with E-state index < -0.39 is 7.59 Å². The van der Waals surface area contributed by atoms with E-state index in [1.165, 1.54) is 0 Å². The molecule has 0 aromatic carbocycles. The molecule has 0 aromatic heterocycles. The molecule has 0 fully saturated rings. The lowest BCUT2D eigenvalue weighted by Gasteiger charge is -2.14. The smallest absolute Gasteiger partial charge is 0.213 e. The molecule has 12 heavy (non-hydrogen) atoms. The van der Waals surface area contributed by atoms with E-state index in [9.17, 15) is 0 Å². The number of rotatable bonds is 2. The summed E-state index contributed by atoms with van der Waals surface area (Å²) in [6, 6.07) is 0. The molecule has 0 bridgehead atoms. The highest BCUT2D eigenvalue weighted by Gasteiger charge is 2.24. The molecule has 8 heteroatoms. The van der Waals surface area contributed by atoms with Crippen molar-refractivity contribution in [2.45, 2.75) is 7.59 Å². The monoisotopic (exact) mass is 314 g/mol. The third kappa shape index (κ3) is 14.5. The van der Waals surface area contributed by atoms with E-state index in [1.54, 1.807) is 0 Å². The largest absolute Gasteiger partial charge is 0.373 e. The van der Waals surface area contributed by atoms with Crippen molar-refractivity contribution in [2.24, 2.45) is 0 Å². The molecule has 0 unspecified atom stereocenters. The van der Waals surface area contributed by atoms with Crippen LogP contribution in [0.5, 0.6) is 0 Å². The molecule has 0 aliphatic heterocycles. The number of ether oxygens (including phenoxy) is 1. The van der Waals surface area contributed by atoms with Gasteiger partial charge in [0, 0.05) is 0 Å². The van der Waals surface area contributed by atoms with Crippen LogP contribution < -0.4 is 0 Å². The maximum Gasteiger partial charge on any atom is 0.213 e. The van der Waals surface area contributed by atoms with E-state index >= 15 is 0 Å². The van der Waals surface area contributed by atoms with E-state index in [0.717, 1.165) is 0 Å². The van der Waals surface area contributed by atoms with Crippen LogP contribution in [0, 0.1) is 0 Å². The van der Waals surface area contributed by atoms with E-state index in [2.05, 4.69) is 0 Å². The molecule has 0 aliphatic carbocycles. The number of alkyl halides is 6. The lowest BCUT2D eigenvalue weighted by Crippen LogP contribution is -2.19. The Kier molecular flexibility index (Phi) is 8.85. The van der Waals surface area contributed by atoms with Crippen molar-refractivity contribution in [3.8, 4) is 0 Å². The van der Waals surface area contributed by atoms with Crippen LogP contribution in [0.2, 0.25) is 0 Å². The second kappa shape index (κ2) is 6.47. The average Bonchev–Trinajstić information content (AvgIpc) is 1.55. The van der Waals surface area contributed by atoms with E-state index in [0.29, 0.717) is 0 Å². The lowest BCUT2D eigenvalue weighted by atomic mass is 10.8. The van der Waals surface area contributed by atoms with Crippen LogP contribution in [0.1, 0.15) is 0 Å². The zero-order valence-corrected chi connectivity index (χ0v) is 10.9. The summed E-state index contributed by atoms with van der Waals surface area (Å²) < 4.78 is 1.85. The van der Waals surface area contributed by atoms with Gasteiger partial charge in [-0.2, -0.15) is 0 Å². The van der Waals surface area contributed by atoms with Gasteiger partial charge < -0.3 is 4.74 Å². The zero-order valence-electron chi connectivity index (χ0n) is 5.50. The molecule has 0 spiro atoms. The lowest BCUT2D eigenvalue weighted by molar-refractivity contribution is 0.144. The summed E-state index contributed by atoms with van der Waals surface area (Å²) in [5.74, 6) is 0. The van der Waals surface area contributed by atoms with Gasteiger partial charge in [-0.3, -0.25) is 0 Å². The molecule has 0 aliphatic rings. The Balaban J connectivity index is 0. The van der Waals surface area contributed by atoms with Crippen molar-refractivity contribution in [1.29, 1.82) is 0 Å². The fraction of sp³-hybridized carbons (Fsp3) is 1.00. The second-order valence-electron chi connectivity index (χ2n) is 1.72. The van der Waals surface area contributed by atoms with Crippen molar-refractivity contribution in [1.82, 2.24) is 0 Å². The standard InChI is InChI=1S/C4H4Cl6O.ClH/c5-3(6,7)1-11-2-4(8,9)10;/h1-2H2;1H. The molecule has 0 rings (SSSR count). The third-order valence-corrected chi connectivity index (χ3v) is 1.19. The van der Waals surface area contributed by atoms with Crippen LogP contribution in [-0.4, -0.2) is 20.8 Å². The van der Waals surface area contributed by atoms with E-state index in [-0.39, 0.29) is 25.6 Å². The molecule has 0 aromatic rings. The van der Waals surface area contributed by atoms with Crippen LogP contribution in [0.25, 0.3) is 0 Å². The number of hydrogen-bond acceptors (Lipinski definition) is 1. The predicted molar refractivity (Wildman–Crippen MR) is 58.6 cm³/mol. The first-order valence-electron chi connectivity index (χ1n) is 2.42. The molecular formula is C4H5Cl7O. The Bertz CT molecular complexity index is 99.6. The van der Waals surface area contributed by atoms with Crippen LogP contribution in [0.15, 0.2) is 0 Å². The minimum atomic E-state index is -1.46. The topological polar surface area (TPSA) is 9.23 Å². The van der Waals surface area contributed by atoms with Gasteiger partial charge >= 0.3 is 0 Å². The molecule has 0 atom stereocenters. The third-order valence-electron chi connectivity index (χ3n) is 0.531. The summed E-state index contributed by atoms with van der Waals surface area (Å²) in [6.07, 6.45) is 0. The zero-order chi connectivity index (χ0) is 9.12. The minimum Gasteiger partial charge on any atom is -0.373 e. The first-order chi connectivity index (χ1) is 4.71. The van der Waals surface area contributed by atoms with Crippen molar-refractivity contribution >= 4 is 82.0 Å². The van der Waals surface area contributed by atoms with Crippen molar-refractivity contribution < 1.29 is 4.74 Å². The van der Waals surface area contributed by atoms with Crippen LogP contribution in [0.3, 0.4) is 0 Å². The SMILES string of the molecule is Cl.ClC(Cl)(Cl)COCC(Cl)(Cl)Cl. The van der Waals surface area contributed by atoms with Gasteiger partial charge in [0.25, 0.3) is 0 Å².